The molecule has 0 bridgehead atoms. The molecule has 0 aliphatic rings. The summed E-state index contributed by atoms with van der Waals surface area (Å²) in [6.45, 7) is 0.307. The summed E-state index contributed by atoms with van der Waals surface area (Å²) in [5.41, 5.74) is 2.51. The molecule has 7 heteroatoms. The van der Waals surface area contributed by atoms with E-state index >= 15 is 0 Å². The Morgan fingerprint density at radius 2 is 1.83 bits per heavy atom. The maximum atomic E-state index is 12.8. The van der Waals surface area contributed by atoms with Gasteiger partial charge in [0.25, 0.3) is 0 Å². The van der Waals surface area contributed by atoms with E-state index < -0.39 is 0 Å². The second kappa shape index (κ2) is 7.42. The van der Waals surface area contributed by atoms with Crippen LogP contribution in [0.5, 0.6) is 0 Å². The fraction of sp³-hybridized carbons (Fsp3) is 0.0588. The molecule has 0 spiro atoms. The first-order valence-electron chi connectivity index (χ1n) is 7.11. The van der Waals surface area contributed by atoms with Crippen molar-refractivity contribution in [1.82, 2.24) is 10.3 Å². The molecule has 122 valence electrons. The molecule has 0 saturated carbocycles. The van der Waals surface area contributed by atoms with Gasteiger partial charge in [0.1, 0.15) is 5.82 Å². The minimum Gasteiger partial charge on any atom is -0.334 e. The normalized spacial score (nSPS) is 10.4. The Kier molecular flexibility index (Phi) is 5.08. The highest BCUT2D eigenvalue weighted by Crippen LogP contribution is 2.25. The molecule has 4 nitrogen and oxygen atoms in total. The van der Waals surface area contributed by atoms with Gasteiger partial charge in [-0.3, -0.25) is 5.32 Å². The molecule has 0 aliphatic heterocycles. The maximum Gasteiger partial charge on any atom is 0.321 e. The van der Waals surface area contributed by atoms with E-state index in [4.69, 9.17) is 11.6 Å². The summed E-state index contributed by atoms with van der Waals surface area (Å²) >= 11 is 7.20. The first-order chi connectivity index (χ1) is 11.6. The molecule has 1 aromatic heterocycles. The Bertz CT molecular complexity index is 834. The van der Waals surface area contributed by atoms with E-state index in [0.717, 1.165) is 16.8 Å². The molecule has 3 aromatic rings. The van der Waals surface area contributed by atoms with Crippen LogP contribution in [0.1, 0.15) is 5.56 Å². The lowest BCUT2D eigenvalue weighted by molar-refractivity contribution is 0.251. The zero-order chi connectivity index (χ0) is 16.9. The Morgan fingerprint density at radius 1 is 1.12 bits per heavy atom. The van der Waals surface area contributed by atoms with Crippen molar-refractivity contribution in [2.45, 2.75) is 6.54 Å². The zero-order valence-corrected chi connectivity index (χ0v) is 14.0. The lowest BCUT2D eigenvalue weighted by Gasteiger charge is -2.05. The van der Waals surface area contributed by atoms with E-state index in [-0.39, 0.29) is 11.8 Å². The number of benzene rings is 2. The summed E-state index contributed by atoms with van der Waals surface area (Å²) in [4.78, 5) is 16.3. The summed E-state index contributed by atoms with van der Waals surface area (Å²) in [5.74, 6) is -0.305. The summed E-state index contributed by atoms with van der Waals surface area (Å²) in [6.07, 6.45) is 0. The second-order valence-electron chi connectivity index (χ2n) is 4.98. The summed E-state index contributed by atoms with van der Waals surface area (Å²) < 4.78 is 12.8. The zero-order valence-electron chi connectivity index (χ0n) is 12.4. The van der Waals surface area contributed by atoms with Crippen LogP contribution in [0.3, 0.4) is 0 Å². The lowest BCUT2D eigenvalue weighted by atomic mass is 10.2. The number of urea groups is 1. The highest BCUT2D eigenvalue weighted by Gasteiger charge is 2.08. The Morgan fingerprint density at radius 3 is 2.54 bits per heavy atom. The van der Waals surface area contributed by atoms with Gasteiger partial charge in [-0.05, 0) is 29.8 Å². The van der Waals surface area contributed by atoms with Crippen molar-refractivity contribution in [3.8, 4) is 11.3 Å². The molecule has 1 heterocycles. The first kappa shape index (κ1) is 16.4. The van der Waals surface area contributed by atoms with Crippen molar-refractivity contribution < 1.29 is 9.18 Å². The van der Waals surface area contributed by atoms with Crippen LogP contribution in [0.4, 0.5) is 14.3 Å². The fourth-order valence-corrected chi connectivity index (χ4v) is 2.85. The van der Waals surface area contributed by atoms with Crippen LogP contribution in [0, 0.1) is 5.82 Å². The lowest BCUT2D eigenvalue weighted by Crippen LogP contribution is -2.28. The predicted molar refractivity (Wildman–Crippen MR) is 94.8 cm³/mol. The molecule has 0 fully saturated rings. The summed E-state index contributed by atoms with van der Waals surface area (Å²) in [7, 11) is 0. The predicted octanol–water partition coefficient (Wildman–Crippen LogP) is 4.92. The van der Waals surface area contributed by atoms with Gasteiger partial charge < -0.3 is 5.32 Å². The largest absolute Gasteiger partial charge is 0.334 e. The quantitative estimate of drug-likeness (QED) is 0.692. The number of carbonyl (C=O) groups is 1. The second-order valence-corrected chi connectivity index (χ2v) is 6.27. The van der Waals surface area contributed by atoms with Crippen molar-refractivity contribution in [2.75, 3.05) is 5.32 Å². The molecule has 0 atom stereocenters. The van der Waals surface area contributed by atoms with Crippen LogP contribution in [0.2, 0.25) is 5.02 Å². The number of anilines is 1. The average molecular weight is 362 g/mol. The van der Waals surface area contributed by atoms with E-state index in [0.29, 0.717) is 16.7 Å². The standard InChI is InChI=1S/C17H13ClFN3OS/c18-13-5-3-12(4-6-13)15-10-24-17(21-15)22-16(23)20-9-11-1-7-14(19)8-2-11/h1-8,10H,9H2,(H2,20,21,22,23). The Balaban J connectivity index is 1.57. The molecule has 0 saturated heterocycles. The number of rotatable bonds is 4. The number of aromatic nitrogens is 1. The van der Waals surface area contributed by atoms with E-state index in [9.17, 15) is 9.18 Å². The molecule has 0 unspecified atom stereocenters. The van der Waals surface area contributed by atoms with Gasteiger partial charge in [-0.2, -0.15) is 0 Å². The van der Waals surface area contributed by atoms with Gasteiger partial charge in [-0.1, -0.05) is 35.9 Å². The number of hydrogen-bond donors (Lipinski definition) is 2. The van der Waals surface area contributed by atoms with Crippen molar-refractivity contribution in [2.24, 2.45) is 0 Å². The van der Waals surface area contributed by atoms with E-state index in [1.807, 2.05) is 17.5 Å². The van der Waals surface area contributed by atoms with Crippen LogP contribution in [-0.2, 0) is 6.54 Å². The number of hydrogen-bond acceptors (Lipinski definition) is 3. The van der Waals surface area contributed by atoms with Crippen LogP contribution in [0.15, 0.2) is 53.9 Å². The van der Waals surface area contributed by atoms with Gasteiger partial charge in [0.05, 0.1) is 5.69 Å². The monoisotopic (exact) mass is 361 g/mol. The number of carbonyl (C=O) groups excluding carboxylic acids is 1. The van der Waals surface area contributed by atoms with Gasteiger partial charge in [-0.25, -0.2) is 14.2 Å². The third-order valence-electron chi connectivity index (χ3n) is 3.23. The van der Waals surface area contributed by atoms with E-state index in [1.165, 1.54) is 23.5 Å². The van der Waals surface area contributed by atoms with E-state index in [1.54, 1.807) is 24.3 Å². The van der Waals surface area contributed by atoms with Gasteiger partial charge in [0.15, 0.2) is 5.13 Å². The topological polar surface area (TPSA) is 54.0 Å². The molecule has 2 N–H and O–H groups in total. The first-order valence-corrected chi connectivity index (χ1v) is 8.37. The highest BCUT2D eigenvalue weighted by molar-refractivity contribution is 7.14. The van der Waals surface area contributed by atoms with Crippen LogP contribution in [-0.4, -0.2) is 11.0 Å². The van der Waals surface area contributed by atoms with Crippen molar-refractivity contribution in [1.29, 1.82) is 0 Å². The SMILES string of the molecule is O=C(NCc1ccc(F)cc1)Nc1nc(-c2ccc(Cl)cc2)cs1. The summed E-state index contributed by atoms with van der Waals surface area (Å²) in [6, 6.07) is 12.9. The van der Waals surface area contributed by atoms with Gasteiger partial charge in [0.2, 0.25) is 0 Å². The van der Waals surface area contributed by atoms with Crippen LogP contribution >= 0.6 is 22.9 Å². The highest BCUT2D eigenvalue weighted by atomic mass is 35.5. The fourth-order valence-electron chi connectivity index (χ4n) is 2.01. The minimum atomic E-state index is -0.365. The van der Waals surface area contributed by atoms with E-state index in [2.05, 4.69) is 15.6 Å². The number of amides is 2. The van der Waals surface area contributed by atoms with Crippen LogP contribution < -0.4 is 10.6 Å². The summed E-state index contributed by atoms with van der Waals surface area (Å²) in [5, 5.41) is 8.40. The van der Waals surface area contributed by atoms with Gasteiger partial charge >= 0.3 is 6.03 Å². The third-order valence-corrected chi connectivity index (χ3v) is 4.24. The molecule has 0 radical (unpaired) electrons. The Hall–Kier alpha value is -2.44. The molecular weight excluding hydrogens is 349 g/mol. The smallest absolute Gasteiger partial charge is 0.321 e. The number of nitrogens with zero attached hydrogens (tertiary/aromatic N) is 1. The maximum absolute atomic E-state index is 12.8. The number of nitrogens with one attached hydrogen (secondary N) is 2. The molecule has 3 rings (SSSR count). The van der Waals surface area contributed by atoms with Gasteiger partial charge in [0, 0.05) is 22.5 Å². The molecule has 2 aromatic carbocycles. The van der Waals surface area contributed by atoms with Gasteiger partial charge in [-0.15, -0.1) is 11.3 Å². The molecule has 24 heavy (non-hydrogen) atoms. The average Bonchev–Trinajstić information content (AvgIpc) is 3.03. The molecule has 0 aliphatic carbocycles. The van der Waals surface area contributed by atoms with Crippen molar-refractivity contribution in [3.05, 3.63) is 70.3 Å². The van der Waals surface area contributed by atoms with Crippen LogP contribution in [0.25, 0.3) is 11.3 Å². The minimum absolute atomic E-state index is 0.305. The number of thiazole rings is 1. The third kappa shape index (κ3) is 4.31. The van der Waals surface area contributed by atoms with Crippen molar-refractivity contribution in [3.63, 3.8) is 0 Å². The molecule has 2 amide bonds. The Labute approximate surface area is 147 Å². The molecular formula is C17H13ClFN3OS. The number of halogens is 2. The van der Waals surface area contributed by atoms with Crippen molar-refractivity contribution >= 4 is 34.1 Å².